The molecule has 20 heavy (non-hydrogen) atoms. The van der Waals surface area contributed by atoms with Crippen LogP contribution < -0.4 is 5.32 Å². The van der Waals surface area contributed by atoms with Crippen molar-refractivity contribution in [3.63, 3.8) is 0 Å². The van der Waals surface area contributed by atoms with Gasteiger partial charge in [-0.1, -0.05) is 18.2 Å². The fraction of sp³-hybridized carbons (Fsp3) is 0.250. The first-order chi connectivity index (χ1) is 9.83. The minimum Gasteiger partial charge on any atom is -0.381 e. The first-order valence-corrected chi connectivity index (χ1v) is 6.73. The molecule has 0 radical (unpaired) electrons. The lowest BCUT2D eigenvalue weighted by Gasteiger charge is -2.09. The molecule has 1 N–H and O–H groups in total. The predicted molar refractivity (Wildman–Crippen MR) is 77.2 cm³/mol. The topological polar surface area (TPSA) is 51.2 Å². The Morgan fingerprint density at radius 2 is 2.05 bits per heavy atom. The summed E-state index contributed by atoms with van der Waals surface area (Å²) in [5.74, 6) is 0.0125. The summed E-state index contributed by atoms with van der Waals surface area (Å²) in [6.07, 6.45) is 2.57. The van der Waals surface area contributed by atoms with Crippen LogP contribution in [0.4, 0.5) is 5.69 Å². The maximum atomic E-state index is 12.0. The van der Waals surface area contributed by atoms with E-state index in [1.165, 1.54) is 0 Å². The van der Waals surface area contributed by atoms with Crippen molar-refractivity contribution in [3.8, 4) is 11.3 Å². The average Bonchev–Trinajstić information content (AvgIpc) is 3.03. The quantitative estimate of drug-likeness (QED) is 0.931. The monoisotopic (exact) mass is 268 g/mol. The average molecular weight is 268 g/mol. The van der Waals surface area contributed by atoms with Crippen molar-refractivity contribution in [1.82, 2.24) is 4.98 Å². The number of nitrogens with zero attached hydrogens (tertiary/aromatic N) is 1. The van der Waals surface area contributed by atoms with Gasteiger partial charge in [-0.15, -0.1) is 0 Å². The molecular formula is C16H16N2O2. The van der Waals surface area contributed by atoms with Gasteiger partial charge in [0, 0.05) is 24.1 Å². The van der Waals surface area contributed by atoms with E-state index in [0.717, 1.165) is 23.4 Å². The molecule has 1 amide bonds. The van der Waals surface area contributed by atoms with Crippen LogP contribution in [-0.2, 0) is 9.53 Å². The molecule has 0 spiro atoms. The van der Waals surface area contributed by atoms with Gasteiger partial charge in [-0.25, -0.2) is 0 Å². The molecule has 1 aliphatic heterocycles. The summed E-state index contributed by atoms with van der Waals surface area (Å²) < 4.78 is 5.22. The Balaban J connectivity index is 1.68. The normalized spacial score (nSPS) is 17.9. The van der Waals surface area contributed by atoms with Gasteiger partial charge in [0.05, 0.1) is 18.2 Å². The van der Waals surface area contributed by atoms with E-state index in [0.29, 0.717) is 13.2 Å². The number of amides is 1. The van der Waals surface area contributed by atoms with Crippen molar-refractivity contribution in [2.24, 2.45) is 5.92 Å². The number of pyridine rings is 1. The summed E-state index contributed by atoms with van der Waals surface area (Å²) in [6, 6.07) is 13.5. The Morgan fingerprint density at radius 3 is 2.70 bits per heavy atom. The highest BCUT2D eigenvalue weighted by atomic mass is 16.5. The Morgan fingerprint density at radius 1 is 1.20 bits per heavy atom. The lowest BCUT2D eigenvalue weighted by Crippen LogP contribution is -2.22. The Labute approximate surface area is 117 Å². The number of rotatable bonds is 3. The number of hydrogen-bond acceptors (Lipinski definition) is 3. The zero-order valence-corrected chi connectivity index (χ0v) is 11.1. The molecular weight excluding hydrogens is 252 g/mol. The Kier molecular flexibility index (Phi) is 3.74. The molecule has 1 atom stereocenters. The number of aromatic nitrogens is 1. The summed E-state index contributed by atoms with van der Waals surface area (Å²) in [6.45, 7) is 1.20. The lowest BCUT2D eigenvalue weighted by atomic mass is 10.1. The van der Waals surface area contributed by atoms with Crippen molar-refractivity contribution in [2.75, 3.05) is 18.5 Å². The van der Waals surface area contributed by atoms with Crippen LogP contribution in [0.5, 0.6) is 0 Å². The summed E-state index contributed by atoms with van der Waals surface area (Å²) in [4.78, 5) is 16.3. The van der Waals surface area contributed by atoms with Crippen LogP contribution in [0, 0.1) is 5.92 Å². The van der Waals surface area contributed by atoms with E-state index in [4.69, 9.17) is 4.74 Å². The fourth-order valence-electron chi connectivity index (χ4n) is 2.24. The van der Waals surface area contributed by atoms with E-state index < -0.39 is 0 Å². The van der Waals surface area contributed by atoms with Crippen LogP contribution in [0.3, 0.4) is 0 Å². The summed E-state index contributed by atoms with van der Waals surface area (Å²) >= 11 is 0. The zero-order chi connectivity index (χ0) is 13.8. The van der Waals surface area contributed by atoms with Gasteiger partial charge in [0.2, 0.25) is 5.91 Å². The first-order valence-electron chi connectivity index (χ1n) is 6.73. The molecule has 2 aromatic rings. The molecule has 0 bridgehead atoms. The predicted octanol–water partition coefficient (Wildman–Crippen LogP) is 2.72. The Hall–Kier alpha value is -2.20. The second kappa shape index (κ2) is 5.84. The fourth-order valence-corrected chi connectivity index (χ4v) is 2.24. The van der Waals surface area contributed by atoms with Crippen LogP contribution in [0.1, 0.15) is 6.42 Å². The van der Waals surface area contributed by atoms with Gasteiger partial charge in [-0.3, -0.25) is 9.78 Å². The van der Waals surface area contributed by atoms with Gasteiger partial charge in [-0.2, -0.15) is 0 Å². The molecule has 1 saturated heterocycles. The lowest BCUT2D eigenvalue weighted by molar-refractivity contribution is -0.119. The van der Waals surface area contributed by atoms with E-state index in [-0.39, 0.29) is 11.8 Å². The minimum atomic E-state index is -0.0227. The van der Waals surface area contributed by atoms with Gasteiger partial charge < -0.3 is 10.1 Å². The highest BCUT2D eigenvalue weighted by Crippen LogP contribution is 2.20. The van der Waals surface area contributed by atoms with Crippen molar-refractivity contribution < 1.29 is 9.53 Å². The number of benzene rings is 1. The summed E-state index contributed by atoms with van der Waals surface area (Å²) in [5, 5.41) is 2.92. The maximum Gasteiger partial charge on any atom is 0.229 e. The van der Waals surface area contributed by atoms with E-state index in [1.54, 1.807) is 6.20 Å². The van der Waals surface area contributed by atoms with E-state index in [1.807, 2.05) is 42.5 Å². The molecule has 0 unspecified atom stereocenters. The Bertz CT molecular complexity index is 575. The van der Waals surface area contributed by atoms with Crippen molar-refractivity contribution in [2.45, 2.75) is 6.42 Å². The number of hydrogen-bond donors (Lipinski definition) is 1. The SMILES string of the molecule is O=C(Nc1ccc(-c2ccccn2)cc1)[C@H]1CCOC1. The molecule has 1 aliphatic rings. The number of carbonyl (C=O) groups is 1. The number of nitrogens with one attached hydrogen (secondary N) is 1. The van der Waals surface area contributed by atoms with Crippen LogP contribution in [-0.4, -0.2) is 24.1 Å². The second-order valence-corrected chi connectivity index (χ2v) is 4.84. The minimum absolute atomic E-state index is 0.0227. The number of anilines is 1. The molecule has 2 heterocycles. The van der Waals surface area contributed by atoms with E-state index in [9.17, 15) is 4.79 Å². The molecule has 4 heteroatoms. The molecule has 1 aromatic carbocycles. The molecule has 0 aliphatic carbocycles. The van der Waals surface area contributed by atoms with Crippen LogP contribution in [0.25, 0.3) is 11.3 Å². The van der Waals surface area contributed by atoms with Crippen LogP contribution in [0.15, 0.2) is 48.7 Å². The standard InChI is InChI=1S/C16H16N2O2/c19-16(13-8-10-20-11-13)18-14-6-4-12(5-7-14)15-3-1-2-9-17-15/h1-7,9,13H,8,10-11H2,(H,18,19)/t13-/m0/s1. The zero-order valence-electron chi connectivity index (χ0n) is 11.1. The molecule has 1 fully saturated rings. The first kappa shape index (κ1) is 12.8. The molecule has 102 valence electrons. The molecule has 3 rings (SSSR count). The van der Waals surface area contributed by atoms with Crippen molar-refractivity contribution in [1.29, 1.82) is 0 Å². The van der Waals surface area contributed by atoms with Gasteiger partial charge in [0.25, 0.3) is 0 Å². The van der Waals surface area contributed by atoms with Crippen LogP contribution in [0.2, 0.25) is 0 Å². The van der Waals surface area contributed by atoms with Crippen molar-refractivity contribution in [3.05, 3.63) is 48.7 Å². The molecule has 1 aromatic heterocycles. The summed E-state index contributed by atoms with van der Waals surface area (Å²) in [7, 11) is 0. The number of ether oxygens (including phenoxy) is 1. The molecule has 4 nitrogen and oxygen atoms in total. The largest absolute Gasteiger partial charge is 0.381 e. The third kappa shape index (κ3) is 2.86. The van der Waals surface area contributed by atoms with Crippen molar-refractivity contribution >= 4 is 11.6 Å². The number of carbonyl (C=O) groups excluding carboxylic acids is 1. The smallest absolute Gasteiger partial charge is 0.229 e. The third-order valence-electron chi connectivity index (χ3n) is 3.41. The van der Waals surface area contributed by atoms with Crippen LogP contribution >= 0.6 is 0 Å². The third-order valence-corrected chi connectivity index (χ3v) is 3.41. The highest BCUT2D eigenvalue weighted by Gasteiger charge is 2.23. The van der Waals surface area contributed by atoms with Gasteiger partial charge >= 0.3 is 0 Å². The molecule has 0 saturated carbocycles. The van der Waals surface area contributed by atoms with E-state index in [2.05, 4.69) is 10.3 Å². The van der Waals surface area contributed by atoms with Gasteiger partial charge in [0.1, 0.15) is 0 Å². The summed E-state index contributed by atoms with van der Waals surface area (Å²) in [5.41, 5.74) is 2.77. The maximum absolute atomic E-state index is 12.0. The van der Waals surface area contributed by atoms with Gasteiger partial charge in [-0.05, 0) is 30.7 Å². The highest BCUT2D eigenvalue weighted by molar-refractivity contribution is 5.93. The van der Waals surface area contributed by atoms with E-state index >= 15 is 0 Å². The van der Waals surface area contributed by atoms with Gasteiger partial charge in [0.15, 0.2) is 0 Å². The second-order valence-electron chi connectivity index (χ2n) is 4.84.